The molecule has 4 aromatic rings. The van der Waals surface area contributed by atoms with Crippen LogP contribution in [0.5, 0.6) is 0 Å². The Morgan fingerprint density at radius 3 is 2.59 bits per heavy atom. The minimum atomic E-state index is 1.11. The van der Waals surface area contributed by atoms with Gasteiger partial charge in [0.05, 0.1) is 0 Å². The fraction of sp³-hybridized carbons (Fsp3) is 0.158. The van der Waals surface area contributed by atoms with Crippen LogP contribution in [0.25, 0.3) is 27.5 Å². The number of aromatic amines is 1. The highest BCUT2D eigenvalue weighted by molar-refractivity contribution is 9.10. The van der Waals surface area contributed by atoms with Crippen molar-refractivity contribution in [3.05, 3.63) is 63.9 Å². The van der Waals surface area contributed by atoms with Crippen LogP contribution in [-0.4, -0.2) is 9.55 Å². The van der Waals surface area contributed by atoms with E-state index in [9.17, 15) is 0 Å². The Morgan fingerprint density at radius 2 is 1.86 bits per heavy atom. The van der Waals surface area contributed by atoms with Crippen molar-refractivity contribution in [2.45, 2.75) is 20.8 Å². The van der Waals surface area contributed by atoms with E-state index in [4.69, 9.17) is 0 Å². The second-order valence-electron chi connectivity index (χ2n) is 6.00. The molecule has 22 heavy (non-hydrogen) atoms. The van der Waals surface area contributed by atoms with E-state index in [1.165, 1.54) is 44.2 Å². The number of aryl methyl sites for hydroxylation is 3. The smallest absolute Gasteiger partial charge is 0.0498 e. The first kappa shape index (κ1) is 13.6. The maximum atomic E-state index is 3.59. The number of nitrogens with one attached hydrogen (secondary N) is 1. The monoisotopic (exact) mass is 352 g/mol. The van der Waals surface area contributed by atoms with Gasteiger partial charge in [0, 0.05) is 44.4 Å². The van der Waals surface area contributed by atoms with Crippen LogP contribution in [0.15, 0.2) is 47.2 Å². The minimum Gasteiger partial charge on any atom is -0.354 e. The van der Waals surface area contributed by atoms with Gasteiger partial charge in [0.2, 0.25) is 0 Å². The van der Waals surface area contributed by atoms with Crippen molar-refractivity contribution in [2.24, 2.45) is 0 Å². The fourth-order valence-corrected chi connectivity index (χ4v) is 3.65. The summed E-state index contributed by atoms with van der Waals surface area (Å²) in [5, 5.41) is 2.59. The maximum Gasteiger partial charge on any atom is 0.0498 e. The molecule has 0 spiro atoms. The highest BCUT2D eigenvalue weighted by Gasteiger charge is 2.14. The van der Waals surface area contributed by atoms with Gasteiger partial charge in [0.15, 0.2) is 0 Å². The van der Waals surface area contributed by atoms with Gasteiger partial charge in [-0.3, -0.25) is 0 Å². The van der Waals surface area contributed by atoms with Gasteiger partial charge in [-0.05, 0) is 67.8 Å². The van der Waals surface area contributed by atoms with Gasteiger partial charge in [0.1, 0.15) is 0 Å². The molecule has 0 saturated heterocycles. The predicted octanol–water partition coefficient (Wildman–Crippen LogP) is 5.80. The average Bonchev–Trinajstić information content (AvgIpc) is 3.06. The zero-order valence-electron chi connectivity index (χ0n) is 12.9. The minimum absolute atomic E-state index is 1.11. The van der Waals surface area contributed by atoms with E-state index >= 15 is 0 Å². The largest absolute Gasteiger partial charge is 0.354 e. The molecule has 2 aromatic heterocycles. The molecule has 0 radical (unpaired) electrons. The van der Waals surface area contributed by atoms with Crippen LogP contribution >= 0.6 is 15.9 Å². The molecule has 0 fully saturated rings. The van der Waals surface area contributed by atoms with Crippen LogP contribution in [0.3, 0.4) is 0 Å². The van der Waals surface area contributed by atoms with E-state index in [1.807, 2.05) is 0 Å². The molecule has 0 aliphatic rings. The van der Waals surface area contributed by atoms with Crippen LogP contribution in [0.1, 0.15) is 16.7 Å². The predicted molar refractivity (Wildman–Crippen MR) is 97.0 cm³/mol. The lowest BCUT2D eigenvalue weighted by Crippen LogP contribution is -1.96. The molecule has 0 amide bonds. The number of rotatable bonds is 1. The number of benzene rings is 2. The molecule has 2 heterocycles. The topological polar surface area (TPSA) is 20.7 Å². The van der Waals surface area contributed by atoms with Crippen molar-refractivity contribution < 1.29 is 0 Å². The third-order valence-corrected chi connectivity index (χ3v) is 4.88. The van der Waals surface area contributed by atoms with Gasteiger partial charge < -0.3 is 9.55 Å². The standard InChI is InChI=1S/C19H17BrN2/c1-11-6-7-22(10-11)17-8-12(2)19-18(13(17)3)15-9-14(20)4-5-16(15)21-19/h4-10,21H,1-3H3. The second kappa shape index (κ2) is 4.75. The molecule has 0 saturated carbocycles. The molecule has 0 aliphatic heterocycles. The summed E-state index contributed by atoms with van der Waals surface area (Å²) in [6.45, 7) is 6.51. The maximum absolute atomic E-state index is 3.59. The van der Waals surface area contributed by atoms with Crippen molar-refractivity contribution >= 4 is 37.7 Å². The Bertz CT molecular complexity index is 1020. The Labute approximate surface area is 137 Å². The summed E-state index contributed by atoms with van der Waals surface area (Å²) in [5.41, 5.74) is 7.52. The summed E-state index contributed by atoms with van der Waals surface area (Å²) in [4.78, 5) is 3.57. The molecule has 3 heteroatoms. The Morgan fingerprint density at radius 1 is 1.05 bits per heavy atom. The number of hydrogen-bond acceptors (Lipinski definition) is 0. The molecule has 4 rings (SSSR count). The molecule has 0 atom stereocenters. The normalized spacial score (nSPS) is 11.6. The first-order chi connectivity index (χ1) is 10.5. The van der Waals surface area contributed by atoms with Gasteiger partial charge in [-0.25, -0.2) is 0 Å². The first-order valence-corrected chi connectivity index (χ1v) is 8.20. The van der Waals surface area contributed by atoms with E-state index in [0.717, 1.165) is 4.47 Å². The first-order valence-electron chi connectivity index (χ1n) is 7.41. The van der Waals surface area contributed by atoms with Crippen LogP contribution < -0.4 is 0 Å². The number of fused-ring (bicyclic) bond motifs is 3. The summed E-state index contributed by atoms with van der Waals surface area (Å²) in [6, 6.07) is 10.8. The third-order valence-electron chi connectivity index (χ3n) is 4.39. The molecular weight excluding hydrogens is 336 g/mol. The molecule has 1 N–H and O–H groups in total. The van der Waals surface area contributed by atoms with Crippen molar-refractivity contribution in [2.75, 3.05) is 0 Å². The van der Waals surface area contributed by atoms with E-state index in [0.29, 0.717) is 0 Å². The van der Waals surface area contributed by atoms with Gasteiger partial charge in [-0.1, -0.05) is 15.9 Å². The second-order valence-corrected chi connectivity index (χ2v) is 6.91. The number of H-pyrrole nitrogens is 1. The van der Waals surface area contributed by atoms with Gasteiger partial charge >= 0.3 is 0 Å². The van der Waals surface area contributed by atoms with Crippen molar-refractivity contribution in [1.82, 2.24) is 9.55 Å². The summed E-state index contributed by atoms with van der Waals surface area (Å²) >= 11 is 3.59. The number of aromatic nitrogens is 2. The van der Waals surface area contributed by atoms with Crippen molar-refractivity contribution in [1.29, 1.82) is 0 Å². The van der Waals surface area contributed by atoms with Gasteiger partial charge in [-0.2, -0.15) is 0 Å². The van der Waals surface area contributed by atoms with E-state index < -0.39 is 0 Å². The molecule has 2 aromatic carbocycles. The summed E-state index contributed by atoms with van der Waals surface area (Å²) in [5.74, 6) is 0. The van der Waals surface area contributed by atoms with Crippen molar-refractivity contribution in [3.8, 4) is 5.69 Å². The van der Waals surface area contributed by atoms with E-state index in [-0.39, 0.29) is 0 Å². The molecule has 110 valence electrons. The van der Waals surface area contributed by atoms with Gasteiger partial charge in [0.25, 0.3) is 0 Å². The number of halogens is 1. The lowest BCUT2D eigenvalue weighted by atomic mass is 10.0. The van der Waals surface area contributed by atoms with Crippen LogP contribution in [0.4, 0.5) is 0 Å². The molecule has 2 nitrogen and oxygen atoms in total. The Hall–Kier alpha value is -2.00. The molecule has 0 unspecified atom stereocenters. The lowest BCUT2D eigenvalue weighted by Gasteiger charge is -2.11. The SMILES string of the molecule is Cc1ccn(-c2cc(C)c3[nH]c4ccc(Br)cc4c3c2C)c1. The summed E-state index contributed by atoms with van der Waals surface area (Å²) in [7, 11) is 0. The molecular formula is C19H17BrN2. The Balaban J connectivity index is 2.15. The van der Waals surface area contributed by atoms with Crippen LogP contribution in [0.2, 0.25) is 0 Å². The van der Waals surface area contributed by atoms with E-state index in [2.05, 4.69) is 89.0 Å². The zero-order valence-corrected chi connectivity index (χ0v) is 14.5. The Kier molecular flexibility index (Phi) is 2.95. The third kappa shape index (κ3) is 1.92. The summed E-state index contributed by atoms with van der Waals surface area (Å²) in [6.07, 6.45) is 4.31. The van der Waals surface area contributed by atoms with Crippen LogP contribution in [-0.2, 0) is 0 Å². The quantitative estimate of drug-likeness (QED) is 0.446. The number of hydrogen-bond donors (Lipinski definition) is 1. The molecule has 0 bridgehead atoms. The molecule has 0 aliphatic carbocycles. The van der Waals surface area contributed by atoms with Crippen molar-refractivity contribution in [3.63, 3.8) is 0 Å². The average molecular weight is 353 g/mol. The van der Waals surface area contributed by atoms with Crippen LogP contribution in [0, 0.1) is 20.8 Å². The highest BCUT2D eigenvalue weighted by Crippen LogP contribution is 2.35. The highest BCUT2D eigenvalue weighted by atomic mass is 79.9. The van der Waals surface area contributed by atoms with Gasteiger partial charge in [-0.15, -0.1) is 0 Å². The lowest BCUT2D eigenvalue weighted by molar-refractivity contribution is 1.06. The fourth-order valence-electron chi connectivity index (χ4n) is 3.28. The number of nitrogens with zero attached hydrogens (tertiary/aromatic N) is 1. The van der Waals surface area contributed by atoms with E-state index in [1.54, 1.807) is 0 Å². The zero-order chi connectivity index (χ0) is 15.4. The summed E-state index contributed by atoms with van der Waals surface area (Å²) < 4.78 is 3.33.